The first kappa shape index (κ1) is 15.0. The van der Waals surface area contributed by atoms with Crippen molar-refractivity contribution in [1.82, 2.24) is 4.90 Å². The third-order valence-electron chi connectivity index (χ3n) is 2.90. The fraction of sp³-hybridized carbons (Fsp3) is 0.455. The van der Waals surface area contributed by atoms with Gasteiger partial charge in [-0.05, 0) is 37.9 Å². The van der Waals surface area contributed by atoms with Crippen LogP contribution in [0.1, 0.15) is 16.8 Å². The van der Waals surface area contributed by atoms with Crippen molar-refractivity contribution in [2.75, 3.05) is 13.7 Å². The number of aliphatic hydroxyl groups excluding tert-OH is 1. The van der Waals surface area contributed by atoms with E-state index in [0.29, 0.717) is 9.35 Å². The van der Waals surface area contributed by atoms with Gasteiger partial charge in [-0.25, -0.2) is 4.79 Å². The molecule has 0 saturated carbocycles. The van der Waals surface area contributed by atoms with Gasteiger partial charge in [0.05, 0.1) is 26.4 Å². The summed E-state index contributed by atoms with van der Waals surface area (Å²) in [5.41, 5.74) is 0.472. The van der Waals surface area contributed by atoms with E-state index in [1.807, 2.05) is 0 Å². The molecular weight excluding hydrogens is 402 g/mol. The molecule has 0 spiro atoms. The fourth-order valence-electron chi connectivity index (χ4n) is 2.04. The van der Waals surface area contributed by atoms with Crippen molar-refractivity contribution in [2.45, 2.75) is 18.6 Å². The molecule has 2 unspecified atom stereocenters. The second kappa shape index (κ2) is 5.90. The van der Waals surface area contributed by atoms with Crippen LogP contribution < -0.4 is 0 Å². The summed E-state index contributed by atoms with van der Waals surface area (Å²) in [6.45, 7) is 0.137. The summed E-state index contributed by atoms with van der Waals surface area (Å²) in [4.78, 5) is 25.4. The maximum atomic E-state index is 12.4. The van der Waals surface area contributed by atoms with Gasteiger partial charge in [0.2, 0.25) is 0 Å². The second-order valence-corrected chi connectivity index (χ2v) is 7.87. The molecule has 19 heavy (non-hydrogen) atoms. The Morgan fingerprint density at radius 2 is 2.21 bits per heavy atom. The molecule has 1 aliphatic heterocycles. The van der Waals surface area contributed by atoms with E-state index in [4.69, 9.17) is 0 Å². The minimum atomic E-state index is -0.724. The number of amides is 1. The highest BCUT2D eigenvalue weighted by atomic mass is 79.9. The molecule has 104 valence electrons. The van der Waals surface area contributed by atoms with Crippen LogP contribution in [-0.2, 0) is 9.53 Å². The van der Waals surface area contributed by atoms with Gasteiger partial charge >= 0.3 is 5.97 Å². The lowest BCUT2D eigenvalue weighted by Gasteiger charge is -2.22. The number of carbonyl (C=O) groups excluding carboxylic acids is 2. The molecule has 0 aromatic carbocycles. The van der Waals surface area contributed by atoms with Crippen LogP contribution >= 0.6 is 43.2 Å². The molecule has 2 heterocycles. The number of β-amino-alcohol motifs (C(OH)–C–C–N with tert-alkyl or cyclic N) is 1. The number of nitrogens with zero attached hydrogens (tertiary/aromatic N) is 1. The SMILES string of the molecule is COC(=O)C1CC(O)CN1C(=O)c1cc(Br)sc1Br. The second-order valence-electron chi connectivity index (χ2n) is 4.12. The minimum absolute atomic E-state index is 0.137. The summed E-state index contributed by atoms with van der Waals surface area (Å²) in [7, 11) is 1.27. The number of methoxy groups -OCH3 is 1. The summed E-state index contributed by atoms with van der Waals surface area (Å²) in [6.07, 6.45) is -0.490. The summed E-state index contributed by atoms with van der Waals surface area (Å²) in [6, 6.07) is 0.967. The van der Waals surface area contributed by atoms with E-state index >= 15 is 0 Å². The lowest BCUT2D eigenvalue weighted by atomic mass is 10.2. The van der Waals surface area contributed by atoms with Crippen molar-refractivity contribution in [2.24, 2.45) is 0 Å². The zero-order valence-electron chi connectivity index (χ0n) is 9.93. The van der Waals surface area contributed by atoms with Crippen LogP contribution in [0.2, 0.25) is 0 Å². The Kier molecular flexibility index (Phi) is 4.65. The lowest BCUT2D eigenvalue weighted by molar-refractivity contribution is -0.145. The topological polar surface area (TPSA) is 66.8 Å². The summed E-state index contributed by atoms with van der Waals surface area (Å²) < 4.78 is 6.18. The Labute approximate surface area is 130 Å². The molecule has 0 bridgehead atoms. The molecule has 8 heteroatoms. The van der Waals surface area contributed by atoms with E-state index in [1.54, 1.807) is 6.07 Å². The van der Waals surface area contributed by atoms with Crippen LogP contribution in [0.15, 0.2) is 13.6 Å². The average Bonchev–Trinajstić information content (AvgIpc) is 2.90. The third-order valence-corrected chi connectivity index (χ3v) is 5.24. The molecule has 1 saturated heterocycles. The Morgan fingerprint density at radius 1 is 1.53 bits per heavy atom. The highest BCUT2D eigenvalue weighted by Crippen LogP contribution is 2.34. The number of esters is 1. The summed E-state index contributed by atoms with van der Waals surface area (Å²) in [5, 5.41) is 9.66. The van der Waals surface area contributed by atoms with Gasteiger partial charge < -0.3 is 14.7 Å². The van der Waals surface area contributed by atoms with E-state index in [2.05, 4.69) is 36.6 Å². The Morgan fingerprint density at radius 3 is 2.74 bits per heavy atom. The van der Waals surface area contributed by atoms with E-state index in [1.165, 1.54) is 23.3 Å². The van der Waals surface area contributed by atoms with Crippen LogP contribution in [0.5, 0.6) is 0 Å². The molecular formula is C11H11Br2NO4S. The van der Waals surface area contributed by atoms with Crippen LogP contribution in [0.3, 0.4) is 0 Å². The standard InChI is InChI=1S/C11H11Br2NO4S/c1-18-11(17)7-2-5(15)4-14(7)10(16)6-3-8(12)19-9(6)13/h3,5,7,15H,2,4H2,1H3. The summed E-state index contributed by atoms with van der Waals surface area (Å²) >= 11 is 8.00. The molecule has 2 rings (SSSR count). The van der Waals surface area contributed by atoms with Gasteiger partial charge in [0.15, 0.2) is 0 Å². The van der Waals surface area contributed by atoms with Crippen LogP contribution in [0.25, 0.3) is 0 Å². The Balaban J connectivity index is 2.26. The minimum Gasteiger partial charge on any atom is -0.467 e. The predicted octanol–water partition coefficient (Wildman–Crippen LogP) is 2.02. The Hall–Kier alpha value is -0.440. The Bertz CT molecular complexity index is 519. The quantitative estimate of drug-likeness (QED) is 0.754. The molecule has 0 aliphatic carbocycles. The summed E-state index contributed by atoms with van der Waals surface area (Å²) in [5.74, 6) is -0.795. The zero-order chi connectivity index (χ0) is 14.2. The fourth-order valence-corrected chi connectivity index (χ4v) is 4.82. The largest absolute Gasteiger partial charge is 0.467 e. The van der Waals surface area contributed by atoms with Gasteiger partial charge in [-0.3, -0.25) is 4.79 Å². The zero-order valence-corrected chi connectivity index (χ0v) is 13.9. The van der Waals surface area contributed by atoms with Gasteiger partial charge in [0.25, 0.3) is 5.91 Å². The monoisotopic (exact) mass is 411 g/mol. The number of hydrogen-bond donors (Lipinski definition) is 1. The number of halogens is 2. The molecule has 1 N–H and O–H groups in total. The van der Waals surface area contributed by atoms with Crippen LogP contribution in [0.4, 0.5) is 0 Å². The molecule has 1 aromatic heterocycles. The van der Waals surface area contributed by atoms with Crippen molar-refractivity contribution in [3.05, 3.63) is 19.2 Å². The van der Waals surface area contributed by atoms with Crippen molar-refractivity contribution < 1.29 is 19.4 Å². The van der Waals surface area contributed by atoms with E-state index in [9.17, 15) is 14.7 Å². The van der Waals surface area contributed by atoms with Crippen molar-refractivity contribution in [3.8, 4) is 0 Å². The molecule has 5 nitrogen and oxygen atoms in total. The predicted molar refractivity (Wildman–Crippen MR) is 77.2 cm³/mol. The molecule has 1 aliphatic rings. The molecule has 0 radical (unpaired) electrons. The smallest absolute Gasteiger partial charge is 0.328 e. The number of likely N-dealkylation sites (tertiary alicyclic amines) is 1. The molecule has 2 atom stereocenters. The van der Waals surface area contributed by atoms with Crippen LogP contribution in [-0.4, -0.2) is 47.7 Å². The van der Waals surface area contributed by atoms with Gasteiger partial charge in [-0.1, -0.05) is 0 Å². The first-order valence-electron chi connectivity index (χ1n) is 5.45. The van der Waals surface area contributed by atoms with Gasteiger partial charge in [0.1, 0.15) is 6.04 Å². The molecule has 1 amide bonds. The number of thiophene rings is 1. The normalized spacial score (nSPS) is 22.6. The first-order chi connectivity index (χ1) is 8.93. The van der Waals surface area contributed by atoms with E-state index < -0.39 is 18.1 Å². The highest BCUT2D eigenvalue weighted by molar-refractivity contribution is 9.12. The third kappa shape index (κ3) is 3.01. The number of carbonyl (C=O) groups is 2. The first-order valence-corrected chi connectivity index (χ1v) is 7.86. The van der Waals surface area contributed by atoms with Gasteiger partial charge in [0, 0.05) is 13.0 Å². The highest BCUT2D eigenvalue weighted by Gasteiger charge is 2.40. The van der Waals surface area contributed by atoms with Crippen LogP contribution in [0, 0.1) is 0 Å². The maximum absolute atomic E-state index is 12.4. The molecule has 1 aromatic rings. The van der Waals surface area contributed by atoms with E-state index in [0.717, 1.165) is 3.79 Å². The molecule has 1 fully saturated rings. The maximum Gasteiger partial charge on any atom is 0.328 e. The van der Waals surface area contributed by atoms with Crippen molar-refractivity contribution in [3.63, 3.8) is 0 Å². The van der Waals surface area contributed by atoms with Crippen molar-refractivity contribution in [1.29, 1.82) is 0 Å². The number of ether oxygens (including phenoxy) is 1. The lowest BCUT2D eigenvalue weighted by Crippen LogP contribution is -2.41. The average molecular weight is 413 g/mol. The van der Waals surface area contributed by atoms with Crippen molar-refractivity contribution >= 4 is 55.1 Å². The number of aliphatic hydroxyl groups is 1. The number of rotatable bonds is 2. The van der Waals surface area contributed by atoms with Gasteiger partial charge in [-0.15, -0.1) is 11.3 Å². The number of hydrogen-bond acceptors (Lipinski definition) is 5. The van der Waals surface area contributed by atoms with Gasteiger partial charge in [-0.2, -0.15) is 0 Å². The van der Waals surface area contributed by atoms with E-state index in [-0.39, 0.29) is 18.9 Å².